The average molecular weight is 256 g/mol. The molecule has 0 bridgehead atoms. The number of Topliss-reactive ketones (excluding diaryl/α,β-unsaturated/α-hetero) is 2. The molecule has 0 aromatic heterocycles. The molecule has 0 saturated heterocycles. The van der Waals surface area contributed by atoms with Gasteiger partial charge >= 0.3 is 12.1 Å². The van der Waals surface area contributed by atoms with Gasteiger partial charge in [-0.15, -0.1) is 0 Å². The second-order valence-corrected chi connectivity index (χ2v) is 3.32. The van der Waals surface area contributed by atoms with Gasteiger partial charge in [0.05, 0.1) is 6.42 Å². The zero-order valence-corrected chi connectivity index (χ0v) is 9.63. The summed E-state index contributed by atoms with van der Waals surface area (Å²) in [6.07, 6.45) is -2.47. The second-order valence-electron chi connectivity index (χ2n) is 3.32. The van der Waals surface area contributed by atoms with Crippen molar-refractivity contribution >= 4 is 17.5 Å². The maximum atomic E-state index is 10.8. The van der Waals surface area contributed by atoms with Gasteiger partial charge in [0, 0.05) is 6.42 Å². The first-order valence-electron chi connectivity index (χ1n) is 4.92. The summed E-state index contributed by atoms with van der Waals surface area (Å²) in [5.74, 6) is -2.71. The highest BCUT2D eigenvalue weighted by Gasteiger charge is 2.38. The summed E-state index contributed by atoms with van der Waals surface area (Å²) in [5.41, 5.74) is 0. The molecule has 0 rings (SSSR count). The third-order valence-corrected chi connectivity index (χ3v) is 1.50. The van der Waals surface area contributed by atoms with Crippen LogP contribution in [0, 0.1) is 0 Å². The van der Waals surface area contributed by atoms with Crippen LogP contribution in [-0.2, 0) is 14.4 Å². The largest absolute Gasteiger partial charge is 0.490 e. The number of hydrogen-bond acceptors (Lipinski definition) is 3. The van der Waals surface area contributed by atoms with Crippen molar-refractivity contribution in [1.29, 1.82) is 0 Å². The molecule has 0 atom stereocenters. The Morgan fingerprint density at radius 1 is 1.18 bits per heavy atom. The van der Waals surface area contributed by atoms with Crippen molar-refractivity contribution in [3.8, 4) is 0 Å². The van der Waals surface area contributed by atoms with E-state index in [1.165, 1.54) is 6.92 Å². The van der Waals surface area contributed by atoms with Gasteiger partial charge in [0.15, 0.2) is 0 Å². The fraction of sp³-hybridized carbons (Fsp3) is 0.700. The topological polar surface area (TPSA) is 71.4 Å². The van der Waals surface area contributed by atoms with E-state index in [2.05, 4.69) is 0 Å². The molecule has 0 fully saturated rings. The van der Waals surface area contributed by atoms with Crippen LogP contribution in [-0.4, -0.2) is 28.8 Å². The van der Waals surface area contributed by atoms with Crippen LogP contribution in [0.2, 0.25) is 0 Å². The number of halogens is 3. The minimum Gasteiger partial charge on any atom is -0.475 e. The quantitative estimate of drug-likeness (QED) is 0.766. The molecule has 0 spiro atoms. The number of carbonyl (C=O) groups is 3. The van der Waals surface area contributed by atoms with Crippen molar-refractivity contribution in [3.05, 3.63) is 0 Å². The van der Waals surface area contributed by atoms with Crippen LogP contribution in [0.25, 0.3) is 0 Å². The molecule has 0 heterocycles. The van der Waals surface area contributed by atoms with Crippen molar-refractivity contribution in [2.45, 2.75) is 45.7 Å². The third-order valence-electron chi connectivity index (χ3n) is 1.50. The number of carboxylic acid groups (broad SMARTS) is 1. The SMILES string of the molecule is CCCCC(=O)CC(C)=O.O=C(O)C(F)(F)F. The Labute approximate surface area is 96.8 Å². The van der Waals surface area contributed by atoms with Gasteiger partial charge in [-0.25, -0.2) is 4.79 Å². The van der Waals surface area contributed by atoms with E-state index in [1.807, 2.05) is 6.92 Å². The Balaban J connectivity index is 0. The van der Waals surface area contributed by atoms with E-state index in [4.69, 9.17) is 9.90 Å². The van der Waals surface area contributed by atoms with Crippen molar-refractivity contribution in [1.82, 2.24) is 0 Å². The van der Waals surface area contributed by atoms with E-state index < -0.39 is 12.1 Å². The third kappa shape index (κ3) is 14.6. The second kappa shape index (κ2) is 8.72. The van der Waals surface area contributed by atoms with Crippen LogP contribution in [0.3, 0.4) is 0 Å². The minimum atomic E-state index is -5.08. The molecule has 4 nitrogen and oxygen atoms in total. The molecular formula is C10H15F3O4. The predicted molar refractivity (Wildman–Crippen MR) is 53.5 cm³/mol. The fourth-order valence-electron chi connectivity index (χ4n) is 0.740. The minimum absolute atomic E-state index is 0.0268. The smallest absolute Gasteiger partial charge is 0.475 e. The van der Waals surface area contributed by atoms with Crippen molar-refractivity contribution in [2.75, 3.05) is 0 Å². The molecule has 0 unspecified atom stereocenters. The van der Waals surface area contributed by atoms with Gasteiger partial charge in [-0.05, 0) is 13.3 Å². The number of rotatable bonds is 5. The first-order valence-corrected chi connectivity index (χ1v) is 4.92. The Kier molecular flexibility index (Phi) is 9.22. The van der Waals surface area contributed by atoms with Crippen molar-refractivity contribution < 1.29 is 32.7 Å². The molecule has 0 radical (unpaired) electrons. The lowest BCUT2D eigenvalue weighted by Gasteiger charge is -1.93. The highest BCUT2D eigenvalue weighted by Crippen LogP contribution is 2.13. The number of aliphatic carboxylic acids is 1. The van der Waals surface area contributed by atoms with E-state index in [0.717, 1.165) is 12.8 Å². The van der Waals surface area contributed by atoms with Crippen LogP contribution in [0.1, 0.15) is 39.5 Å². The summed E-state index contributed by atoms with van der Waals surface area (Å²) in [4.78, 5) is 30.1. The Hall–Kier alpha value is -1.40. The Morgan fingerprint density at radius 3 is 1.82 bits per heavy atom. The van der Waals surface area contributed by atoms with Gasteiger partial charge in [0.2, 0.25) is 0 Å². The summed E-state index contributed by atoms with van der Waals surface area (Å²) < 4.78 is 31.7. The van der Waals surface area contributed by atoms with Crippen LogP contribution in [0.5, 0.6) is 0 Å². The lowest BCUT2D eigenvalue weighted by molar-refractivity contribution is -0.192. The van der Waals surface area contributed by atoms with Gasteiger partial charge in [-0.3, -0.25) is 9.59 Å². The van der Waals surface area contributed by atoms with E-state index >= 15 is 0 Å². The molecular weight excluding hydrogens is 241 g/mol. The normalized spacial score (nSPS) is 10.2. The number of alkyl halides is 3. The maximum absolute atomic E-state index is 10.8. The number of hydrogen-bond donors (Lipinski definition) is 1. The predicted octanol–water partition coefficient (Wildman–Crippen LogP) is 2.36. The first-order chi connectivity index (χ1) is 7.61. The Bertz CT molecular complexity index is 271. The zero-order valence-electron chi connectivity index (χ0n) is 9.63. The fourth-order valence-corrected chi connectivity index (χ4v) is 0.740. The Morgan fingerprint density at radius 2 is 1.59 bits per heavy atom. The molecule has 0 aromatic rings. The van der Waals surface area contributed by atoms with Crippen molar-refractivity contribution in [3.63, 3.8) is 0 Å². The van der Waals surface area contributed by atoms with Crippen molar-refractivity contribution in [2.24, 2.45) is 0 Å². The molecule has 0 aliphatic carbocycles. The standard InChI is InChI=1S/C8H14O2.C2HF3O2/c1-3-4-5-8(10)6-7(2)9;3-2(4,5)1(6)7/h3-6H2,1-2H3;(H,6,7). The van der Waals surface area contributed by atoms with Gasteiger partial charge in [-0.2, -0.15) is 13.2 Å². The van der Waals surface area contributed by atoms with Gasteiger partial charge in [0.25, 0.3) is 0 Å². The average Bonchev–Trinajstić information content (AvgIpc) is 2.13. The summed E-state index contributed by atoms with van der Waals surface area (Å²) >= 11 is 0. The maximum Gasteiger partial charge on any atom is 0.490 e. The number of carbonyl (C=O) groups excluding carboxylic acids is 2. The summed E-state index contributed by atoms with van der Waals surface area (Å²) in [6, 6.07) is 0. The molecule has 0 amide bonds. The van der Waals surface area contributed by atoms with E-state index in [9.17, 15) is 22.8 Å². The summed E-state index contributed by atoms with van der Waals surface area (Å²) in [6.45, 7) is 3.48. The van der Waals surface area contributed by atoms with E-state index in [0.29, 0.717) is 6.42 Å². The van der Waals surface area contributed by atoms with Gasteiger partial charge in [-0.1, -0.05) is 13.3 Å². The first kappa shape index (κ1) is 18.0. The zero-order chi connectivity index (χ0) is 14.1. The van der Waals surface area contributed by atoms with Crippen LogP contribution < -0.4 is 0 Å². The highest BCUT2D eigenvalue weighted by molar-refractivity contribution is 5.97. The number of ketones is 2. The van der Waals surface area contributed by atoms with Crippen LogP contribution in [0.15, 0.2) is 0 Å². The molecule has 0 saturated carbocycles. The van der Waals surface area contributed by atoms with Gasteiger partial charge in [0.1, 0.15) is 11.6 Å². The highest BCUT2D eigenvalue weighted by atomic mass is 19.4. The molecule has 0 aromatic carbocycles. The van der Waals surface area contributed by atoms with E-state index in [-0.39, 0.29) is 18.0 Å². The number of carboxylic acids is 1. The molecule has 7 heteroatoms. The monoisotopic (exact) mass is 256 g/mol. The molecule has 100 valence electrons. The summed E-state index contributed by atoms with van der Waals surface area (Å²) in [5, 5.41) is 7.12. The lowest BCUT2D eigenvalue weighted by Crippen LogP contribution is -2.21. The molecule has 17 heavy (non-hydrogen) atoms. The summed E-state index contributed by atoms with van der Waals surface area (Å²) in [7, 11) is 0. The van der Waals surface area contributed by atoms with E-state index in [1.54, 1.807) is 0 Å². The lowest BCUT2D eigenvalue weighted by atomic mass is 10.1. The van der Waals surface area contributed by atoms with Crippen LogP contribution in [0.4, 0.5) is 13.2 Å². The van der Waals surface area contributed by atoms with Gasteiger partial charge < -0.3 is 5.11 Å². The molecule has 0 aliphatic rings. The molecule has 1 N–H and O–H groups in total. The molecule has 0 aliphatic heterocycles. The number of unbranched alkanes of at least 4 members (excludes halogenated alkanes) is 1. The van der Waals surface area contributed by atoms with Crippen LogP contribution >= 0.6 is 0 Å².